The van der Waals surface area contributed by atoms with Crippen LogP contribution in [0, 0.1) is 0 Å². The van der Waals surface area contributed by atoms with Crippen LogP contribution in [0.2, 0.25) is 0 Å². The van der Waals surface area contributed by atoms with E-state index in [0.717, 1.165) is 11.7 Å². The van der Waals surface area contributed by atoms with Crippen LogP contribution in [0.4, 0.5) is 5.95 Å². The summed E-state index contributed by atoms with van der Waals surface area (Å²) in [5, 5.41) is 0.991. The number of rotatable bonds is 0. The Labute approximate surface area is 80.3 Å². The standard InChI is InChI=1S/C7H7N3O3S/c8-7-9-3-5-4-14(11,12)2-1-13-6(5)10-7/h1-3H,4H2,(H2,8,9,10). The smallest absolute Gasteiger partial charge is 0.227 e. The Morgan fingerprint density at radius 3 is 3.07 bits per heavy atom. The molecule has 0 unspecified atom stereocenters. The number of sulfone groups is 1. The number of nitrogens with zero attached hydrogens (tertiary/aromatic N) is 2. The van der Waals surface area contributed by atoms with E-state index in [1.54, 1.807) is 0 Å². The molecular weight excluding hydrogens is 206 g/mol. The number of nitrogens with two attached hydrogens (primary N) is 1. The molecule has 0 bridgehead atoms. The van der Waals surface area contributed by atoms with Crippen LogP contribution in [0.3, 0.4) is 0 Å². The van der Waals surface area contributed by atoms with Crippen molar-refractivity contribution >= 4 is 15.8 Å². The number of nitrogen functional groups attached to an aromatic ring is 1. The van der Waals surface area contributed by atoms with Crippen molar-refractivity contribution in [1.29, 1.82) is 0 Å². The molecule has 0 atom stereocenters. The van der Waals surface area contributed by atoms with Crippen LogP contribution < -0.4 is 10.5 Å². The Hall–Kier alpha value is -1.63. The van der Waals surface area contributed by atoms with Crippen molar-refractivity contribution in [2.24, 2.45) is 0 Å². The van der Waals surface area contributed by atoms with Gasteiger partial charge in [0.05, 0.1) is 11.2 Å². The van der Waals surface area contributed by atoms with Gasteiger partial charge < -0.3 is 10.5 Å². The SMILES string of the molecule is Nc1ncc2c(n1)OC=CS(=O)(=O)C2. The summed E-state index contributed by atoms with van der Waals surface area (Å²) in [5.41, 5.74) is 5.73. The van der Waals surface area contributed by atoms with E-state index in [9.17, 15) is 8.42 Å². The van der Waals surface area contributed by atoms with Gasteiger partial charge in [-0.15, -0.1) is 0 Å². The Kier molecular flexibility index (Phi) is 1.88. The number of anilines is 1. The molecule has 74 valence electrons. The molecule has 1 aromatic heterocycles. The van der Waals surface area contributed by atoms with Crippen LogP contribution in [0.1, 0.15) is 5.56 Å². The fraction of sp³-hybridized carbons (Fsp3) is 0.143. The predicted molar refractivity (Wildman–Crippen MR) is 48.8 cm³/mol. The van der Waals surface area contributed by atoms with Gasteiger partial charge in [-0.25, -0.2) is 13.4 Å². The maximum absolute atomic E-state index is 11.3. The first-order valence-corrected chi connectivity index (χ1v) is 5.46. The van der Waals surface area contributed by atoms with Gasteiger partial charge in [-0.05, 0) is 0 Å². The van der Waals surface area contributed by atoms with Crippen molar-refractivity contribution < 1.29 is 13.2 Å². The van der Waals surface area contributed by atoms with Gasteiger partial charge in [-0.3, -0.25) is 0 Å². The minimum atomic E-state index is -3.27. The van der Waals surface area contributed by atoms with E-state index in [0.29, 0.717) is 5.56 Å². The van der Waals surface area contributed by atoms with Crippen molar-refractivity contribution in [2.75, 3.05) is 5.73 Å². The van der Waals surface area contributed by atoms with Crippen molar-refractivity contribution in [2.45, 2.75) is 5.75 Å². The Morgan fingerprint density at radius 2 is 2.29 bits per heavy atom. The first-order chi connectivity index (χ1) is 6.57. The van der Waals surface area contributed by atoms with Crippen LogP contribution in [0.25, 0.3) is 0 Å². The van der Waals surface area contributed by atoms with Gasteiger partial charge in [-0.1, -0.05) is 0 Å². The summed E-state index contributed by atoms with van der Waals surface area (Å²) in [5.74, 6) is 0.0744. The molecule has 0 saturated heterocycles. The molecule has 14 heavy (non-hydrogen) atoms. The highest BCUT2D eigenvalue weighted by molar-refractivity contribution is 7.93. The molecule has 0 aliphatic carbocycles. The van der Waals surface area contributed by atoms with E-state index in [4.69, 9.17) is 10.5 Å². The maximum Gasteiger partial charge on any atom is 0.227 e. The van der Waals surface area contributed by atoms with Crippen molar-refractivity contribution in [3.8, 4) is 5.88 Å². The molecule has 6 nitrogen and oxygen atoms in total. The largest absolute Gasteiger partial charge is 0.445 e. The summed E-state index contributed by atoms with van der Waals surface area (Å²) in [4.78, 5) is 7.46. The molecule has 0 spiro atoms. The lowest BCUT2D eigenvalue weighted by Crippen LogP contribution is -2.02. The van der Waals surface area contributed by atoms with E-state index in [1.165, 1.54) is 6.20 Å². The molecule has 0 saturated carbocycles. The van der Waals surface area contributed by atoms with Crippen molar-refractivity contribution in [3.05, 3.63) is 23.4 Å². The minimum absolute atomic E-state index is 0.0523. The molecule has 2 N–H and O–H groups in total. The normalized spacial score (nSPS) is 18.0. The molecule has 1 aliphatic heterocycles. The molecule has 0 fully saturated rings. The molecule has 1 aliphatic rings. The lowest BCUT2D eigenvalue weighted by molar-refractivity contribution is 0.459. The molecule has 0 amide bonds. The van der Waals surface area contributed by atoms with Crippen molar-refractivity contribution in [1.82, 2.24) is 9.97 Å². The van der Waals surface area contributed by atoms with Crippen LogP contribution in [-0.4, -0.2) is 18.4 Å². The lowest BCUT2D eigenvalue weighted by Gasteiger charge is -2.02. The van der Waals surface area contributed by atoms with E-state index in [-0.39, 0.29) is 17.6 Å². The summed E-state index contributed by atoms with van der Waals surface area (Å²) >= 11 is 0. The summed E-state index contributed by atoms with van der Waals surface area (Å²) in [6.07, 6.45) is 2.43. The second-order valence-electron chi connectivity index (χ2n) is 2.76. The zero-order chi connectivity index (χ0) is 10.2. The van der Waals surface area contributed by atoms with E-state index in [1.807, 2.05) is 0 Å². The second-order valence-corrected chi connectivity index (χ2v) is 4.64. The molecule has 7 heteroatoms. The zero-order valence-electron chi connectivity index (χ0n) is 7.04. The first-order valence-electron chi connectivity index (χ1n) is 3.74. The van der Waals surface area contributed by atoms with Gasteiger partial charge >= 0.3 is 0 Å². The average Bonchev–Trinajstić information content (AvgIpc) is 2.22. The first kappa shape index (κ1) is 8.95. The highest BCUT2D eigenvalue weighted by Gasteiger charge is 2.17. The van der Waals surface area contributed by atoms with Crippen LogP contribution in [0.15, 0.2) is 17.9 Å². The Balaban J connectivity index is 2.54. The third kappa shape index (κ3) is 1.67. The topological polar surface area (TPSA) is 95.2 Å². The molecule has 2 rings (SSSR count). The average molecular weight is 213 g/mol. The third-order valence-corrected chi connectivity index (χ3v) is 2.88. The summed E-state index contributed by atoms with van der Waals surface area (Å²) in [6, 6.07) is 0. The molecule has 1 aromatic rings. The number of ether oxygens (including phenoxy) is 1. The van der Waals surface area contributed by atoms with E-state index >= 15 is 0 Å². The van der Waals surface area contributed by atoms with Crippen LogP contribution in [-0.2, 0) is 15.6 Å². The monoisotopic (exact) mass is 213 g/mol. The number of hydrogen-bond donors (Lipinski definition) is 1. The fourth-order valence-corrected chi connectivity index (χ4v) is 2.00. The van der Waals surface area contributed by atoms with Gasteiger partial charge in [0.1, 0.15) is 6.26 Å². The van der Waals surface area contributed by atoms with Crippen LogP contribution >= 0.6 is 0 Å². The predicted octanol–water partition coefficient (Wildman–Crippen LogP) is -0.163. The molecule has 2 heterocycles. The summed E-state index contributed by atoms with van der Waals surface area (Å²) < 4.78 is 27.5. The number of aromatic nitrogens is 2. The highest BCUT2D eigenvalue weighted by Crippen LogP contribution is 2.21. The van der Waals surface area contributed by atoms with Gasteiger partial charge in [0.2, 0.25) is 11.8 Å². The zero-order valence-corrected chi connectivity index (χ0v) is 7.86. The Morgan fingerprint density at radius 1 is 1.50 bits per heavy atom. The highest BCUT2D eigenvalue weighted by atomic mass is 32.2. The lowest BCUT2D eigenvalue weighted by atomic mass is 10.4. The maximum atomic E-state index is 11.3. The van der Waals surface area contributed by atoms with E-state index in [2.05, 4.69) is 9.97 Å². The molecule has 0 aromatic carbocycles. The van der Waals surface area contributed by atoms with E-state index < -0.39 is 9.84 Å². The quantitative estimate of drug-likeness (QED) is 0.643. The summed E-state index contributed by atoms with van der Waals surface area (Å²) in [6.45, 7) is 0. The van der Waals surface area contributed by atoms with Gasteiger partial charge in [-0.2, -0.15) is 4.98 Å². The summed E-state index contributed by atoms with van der Waals surface area (Å²) in [7, 11) is -3.27. The Bertz CT molecular complexity index is 495. The van der Waals surface area contributed by atoms with Crippen LogP contribution in [0.5, 0.6) is 5.88 Å². The molecule has 0 radical (unpaired) electrons. The second kappa shape index (κ2) is 2.95. The number of fused-ring (bicyclic) bond motifs is 1. The minimum Gasteiger partial charge on any atom is -0.445 e. The molecular formula is C7H7N3O3S. The van der Waals surface area contributed by atoms with Crippen molar-refractivity contribution in [3.63, 3.8) is 0 Å². The van der Waals surface area contributed by atoms with Gasteiger partial charge in [0.25, 0.3) is 0 Å². The third-order valence-electron chi connectivity index (χ3n) is 1.64. The van der Waals surface area contributed by atoms with Gasteiger partial charge in [0.15, 0.2) is 9.84 Å². The number of hydrogen-bond acceptors (Lipinski definition) is 6. The van der Waals surface area contributed by atoms with Gasteiger partial charge in [0, 0.05) is 11.8 Å². The fourth-order valence-electron chi connectivity index (χ4n) is 1.05.